The molecular weight excluding hydrogens is 1310 g/mol. The summed E-state index contributed by atoms with van der Waals surface area (Å²) in [6.07, 6.45) is 11.3. The molecule has 9 aliphatic rings. The van der Waals surface area contributed by atoms with E-state index in [1.54, 1.807) is 37.2 Å². The number of methoxy groups -OCH3 is 2. The molecule has 0 radical (unpaired) electrons. The summed E-state index contributed by atoms with van der Waals surface area (Å²) in [6.45, 7) is 18.2. The maximum absolute atomic E-state index is 15.3. The van der Waals surface area contributed by atoms with Gasteiger partial charge in [-0.3, -0.25) is 24.1 Å². The highest BCUT2D eigenvalue weighted by molar-refractivity contribution is 5.96. The lowest BCUT2D eigenvalue weighted by molar-refractivity contribution is -0.183. The summed E-state index contributed by atoms with van der Waals surface area (Å²) < 4.78 is 27.4. The van der Waals surface area contributed by atoms with Gasteiger partial charge in [-0.1, -0.05) is 134 Å². The zero-order chi connectivity index (χ0) is 74.6. The van der Waals surface area contributed by atoms with Crippen LogP contribution in [0, 0.1) is 69.9 Å². The van der Waals surface area contributed by atoms with Crippen LogP contribution in [0.2, 0.25) is 0 Å². The van der Waals surface area contributed by atoms with Crippen LogP contribution in [0.3, 0.4) is 0 Å². The first kappa shape index (κ1) is 78.5. The van der Waals surface area contributed by atoms with Gasteiger partial charge in [0.1, 0.15) is 35.5 Å². The number of hydroxylamine groups is 4. The van der Waals surface area contributed by atoms with E-state index in [2.05, 4.69) is 136 Å². The highest BCUT2D eigenvalue weighted by atomic mass is 19.1. The molecule has 19 heteroatoms. The second-order valence-corrected chi connectivity index (χ2v) is 33.5. The average molecular weight is 1430 g/mol. The van der Waals surface area contributed by atoms with Gasteiger partial charge < -0.3 is 56.3 Å². The number of unbranched alkanes of at least 4 members (excludes halogenated alkanes) is 1. The number of amides is 3. The summed E-state index contributed by atoms with van der Waals surface area (Å²) in [7, 11) is 11.4. The highest BCUT2D eigenvalue weighted by Crippen LogP contribution is 2.62. The molecule has 0 aromatic heterocycles. The summed E-state index contributed by atoms with van der Waals surface area (Å²) in [6, 6.07) is 32.0. The minimum Gasteiger partial charge on any atom is -0.496 e. The number of ether oxygens (including phenoxy) is 2. The van der Waals surface area contributed by atoms with Gasteiger partial charge in [0.15, 0.2) is 0 Å². The Kier molecular flexibility index (Phi) is 25.5. The number of nitrogens with one attached hydrogen (secondary N) is 3. The van der Waals surface area contributed by atoms with Gasteiger partial charge in [0.25, 0.3) is 5.91 Å². The van der Waals surface area contributed by atoms with E-state index in [9.17, 15) is 29.7 Å². The van der Waals surface area contributed by atoms with E-state index in [-0.39, 0.29) is 66.5 Å². The molecule has 3 amide bonds. The molecule has 17 atom stereocenters. The van der Waals surface area contributed by atoms with Crippen LogP contribution in [-0.2, 0) is 45.2 Å². The van der Waals surface area contributed by atoms with E-state index >= 15 is 4.39 Å². The Morgan fingerprint density at radius 3 is 1.63 bits per heavy atom. The lowest BCUT2D eigenvalue weighted by atomic mass is 9.45. The number of fused-ring (bicyclic) bond motifs is 4. The molecule has 2 heterocycles. The zero-order valence-corrected chi connectivity index (χ0v) is 64.4. The van der Waals surface area contributed by atoms with Gasteiger partial charge in [-0.2, -0.15) is 10.1 Å². The van der Waals surface area contributed by atoms with E-state index in [1.165, 1.54) is 49.6 Å². The van der Waals surface area contributed by atoms with E-state index in [1.807, 2.05) is 44.4 Å². The van der Waals surface area contributed by atoms with Crippen LogP contribution in [-0.4, -0.2) is 165 Å². The molecule has 4 bridgehead atoms. The van der Waals surface area contributed by atoms with Crippen molar-refractivity contribution in [1.29, 1.82) is 0 Å². The number of halogens is 1. The summed E-state index contributed by atoms with van der Waals surface area (Å²) in [5.74, 6) is 2.28. The third-order valence-corrected chi connectivity index (χ3v) is 25.8. The number of likely N-dealkylation sites (N-methyl/N-ethyl adjacent to an activating group) is 1. The lowest BCUT2D eigenvalue weighted by Crippen LogP contribution is -2.62. The van der Waals surface area contributed by atoms with E-state index < -0.39 is 54.2 Å². The molecule has 5 aromatic carbocycles. The van der Waals surface area contributed by atoms with Crippen molar-refractivity contribution in [2.75, 3.05) is 67.0 Å². The van der Waals surface area contributed by atoms with Crippen molar-refractivity contribution in [1.82, 2.24) is 31.0 Å². The van der Waals surface area contributed by atoms with Crippen LogP contribution in [0.25, 0.3) is 22.3 Å². The Hall–Kier alpha value is -6.52. The van der Waals surface area contributed by atoms with Crippen molar-refractivity contribution in [3.05, 3.63) is 137 Å². The maximum Gasteiger partial charge on any atom is 0.251 e. The fourth-order valence-corrected chi connectivity index (χ4v) is 19.6. The molecular formula is C85H121FN8O10. The molecule has 7 saturated carbocycles. The molecule has 9 fully saturated rings. The SMILES string of the molecule is COc1c(CN2O[C@@H](CN)[C@@H]([C@H](C)O)[C@H]2C(=O)N[C@H]2C[C@H]3C[C@@H]([C@@H]2C)C3(C)C)cccc1-c1cc(CCCCc2ccccc2)cc(N(C)C)c1.COc1c(CN2O[C@@H](CO)[C@@H]([C@H](C)O)[C@H]2C(=O)N[C@H]2C[C@H]3C[C@@H]([C@@H]2C)C3(C)C)cccc1-c1cc(F)cc(C(=O)N[C@H](CN(C)C)C2CCCCC2)c1. The van der Waals surface area contributed by atoms with Gasteiger partial charge in [0, 0.05) is 90.7 Å². The second kappa shape index (κ2) is 33.7. The first-order chi connectivity index (χ1) is 49.6. The van der Waals surface area contributed by atoms with Crippen molar-refractivity contribution in [3.63, 3.8) is 0 Å². The first-order valence-electron chi connectivity index (χ1n) is 38.7. The quantitative estimate of drug-likeness (QED) is 0.0243. The maximum atomic E-state index is 15.3. The third kappa shape index (κ3) is 16.9. The van der Waals surface area contributed by atoms with E-state index in [0.29, 0.717) is 82.4 Å². The number of anilines is 1. The predicted octanol–water partition coefficient (Wildman–Crippen LogP) is 12.0. The van der Waals surface area contributed by atoms with Gasteiger partial charge >= 0.3 is 0 Å². The standard InChI is InChI=1S/C43H60N4O4.C42H61FN4O6/c1-27-36-23-33(43(36,3)4)24-37(27)45-42(49)40-39(28(2)48)38(25-44)51-47(40)26-31-18-13-19-35(41(31)50-7)32-20-30(21-34(22-32)46(5)6)17-12-11-16-29-14-9-8-10-15-29;1-24-33-19-30(42(33,3)4)20-34(24)44-41(51)38-37(25(2)49)36(23-48)53-47(38)21-27-14-11-15-32(39(27)52-7)28-16-29(18-31(43)17-28)40(50)45-35(22-46(5)6)26-12-9-8-10-13-26/h8-10,13-15,18-22,27-28,33,36-40,48H,11-12,16-17,23-26,44H2,1-7H3,(H,45,49);11,14-18,24-26,30,33-38,48-49H,8-10,12-13,19-23H2,1-7H3,(H,44,51)(H,45,50)/t27-,28-,33+,36-,37-,38-,39+,40-;24-,25-,30+,33-,34-,35+,36-,37+,38-/m00/s1. The number of rotatable bonds is 27. The average Bonchev–Trinajstić information content (AvgIpc) is 0.911. The van der Waals surface area contributed by atoms with Gasteiger partial charge in [-0.05, 0) is 197 Å². The molecule has 0 unspecified atom stereocenters. The normalized spacial score (nSPS) is 28.6. The number of carbonyl (C=O) groups excluding carboxylic acids is 3. The molecule has 568 valence electrons. The van der Waals surface area contributed by atoms with Crippen LogP contribution < -0.4 is 36.1 Å². The van der Waals surface area contributed by atoms with E-state index in [4.69, 9.17) is 24.9 Å². The first-order valence-corrected chi connectivity index (χ1v) is 38.7. The Balaban J connectivity index is 0.000000208. The Bertz CT molecular complexity index is 3730. The van der Waals surface area contributed by atoms with Gasteiger partial charge in [-0.25, -0.2) is 4.39 Å². The summed E-state index contributed by atoms with van der Waals surface area (Å²) >= 11 is 0. The number of hydrogen-bond acceptors (Lipinski definition) is 15. The number of aliphatic hydroxyl groups is 3. The van der Waals surface area contributed by atoms with Gasteiger partial charge in [0.05, 0.1) is 52.2 Å². The largest absolute Gasteiger partial charge is 0.496 e. The Morgan fingerprint density at radius 1 is 0.654 bits per heavy atom. The third-order valence-electron chi connectivity index (χ3n) is 25.8. The van der Waals surface area contributed by atoms with Crippen LogP contribution in [0.1, 0.15) is 159 Å². The van der Waals surface area contributed by atoms with Crippen molar-refractivity contribution < 1.29 is 53.2 Å². The summed E-state index contributed by atoms with van der Waals surface area (Å²) in [5.41, 5.74) is 15.5. The van der Waals surface area contributed by atoms with Crippen LogP contribution in [0.4, 0.5) is 10.1 Å². The number of benzene rings is 5. The fraction of sp³-hybridized carbons (Fsp3) is 0.612. The minimum atomic E-state index is -0.926. The van der Waals surface area contributed by atoms with Crippen LogP contribution in [0.15, 0.2) is 103 Å². The molecule has 14 rings (SSSR count). The Morgan fingerprint density at radius 2 is 1.16 bits per heavy atom. The monoisotopic (exact) mass is 1430 g/mol. The molecule has 104 heavy (non-hydrogen) atoms. The molecule has 18 nitrogen and oxygen atoms in total. The molecule has 8 N–H and O–H groups in total. The number of hydrogen-bond donors (Lipinski definition) is 7. The van der Waals surface area contributed by atoms with E-state index in [0.717, 1.165) is 92.3 Å². The molecule has 0 spiro atoms. The number of nitrogens with zero attached hydrogens (tertiary/aromatic N) is 4. The minimum absolute atomic E-state index is 0.0158. The van der Waals surface area contributed by atoms with Crippen molar-refractivity contribution in [2.45, 2.75) is 207 Å². The topological polar surface area (TPSA) is 224 Å². The van der Waals surface area contributed by atoms with Crippen LogP contribution in [0.5, 0.6) is 11.5 Å². The fourth-order valence-electron chi connectivity index (χ4n) is 19.6. The molecule has 2 aliphatic heterocycles. The van der Waals surface area contributed by atoms with Crippen molar-refractivity contribution in [3.8, 4) is 33.8 Å². The van der Waals surface area contributed by atoms with Gasteiger partial charge in [0.2, 0.25) is 11.8 Å². The molecule has 5 aromatic rings. The molecule has 2 saturated heterocycles. The number of aryl methyl sites for hydroxylation is 2. The number of carbonyl (C=O) groups is 3. The Labute approximate surface area is 618 Å². The van der Waals surface area contributed by atoms with Crippen LogP contribution >= 0.6 is 0 Å². The predicted molar refractivity (Wildman–Crippen MR) is 408 cm³/mol. The second-order valence-electron chi connectivity index (χ2n) is 33.5. The summed E-state index contributed by atoms with van der Waals surface area (Å²) in [4.78, 5) is 59.0. The number of para-hydroxylation sites is 2. The number of aliphatic hydroxyl groups excluding tert-OH is 3. The summed E-state index contributed by atoms with van der Waals surface area (Å²) in [5, 5.41) is 45.5. The smallest absolute Gasteiger partial charge is 0.251 e. The van der Waals surface area contributed by atoms with Gasteiger partial charge in [-0.15, -0.1) is 0 Å². The highest BCUT2D eigenvalue weighted by Gasteiger charge is 2.59. The lowest BCUT2D eigenvalue weighted by Gasteiger charge is -2.62. The van der Waals surface area contributed by atoms with Crippen molar-refractivity contribution in [2.24, 2.45) is 69.8 Å². The zero-order valence-electron chi connectivity index (χ0n) is 64.4. The van der Waals surface area contributed by atoms with Crippen molar-refractivity contribution >= 4 is 23.4 Å². The number of nitrogens with two attached hydrogens (primary N) is 1. The molecule has 7 aliphatic carbocycles.